The lowest BCUT2D eigenvalue weighted by atomic mass is 9.84. The van der Waals surface area contributed by atoms with E-state index in [2.05, 4.69) is 43.9 Å². The molecule has 2 nitrogen and oxygen atoms in total. The van der Waals surface area contributed by atoms with Crippen molar-refractivity contribution in [1.29, 1.82) is 0 Å². The molecule has 3 rings (SSSR count). The monoisotopic (exact) mass is 258 g/mol. The van der Waals surface area contributed by atoms with E-state index in [4.69, 9.17) is 5.73 Å². The summed E-state index contributed by atoms with van der Waals surface area (Å²) in [6.07, 6.45) is 3.83. The van der Waals surface area contributed by atoms with Crippen molar-refractivity contribution in [1.82, 2.24) is 4.90 Å². The summed E-state index contributed by atoms with van der Waals surface area (Å²) < 4.78 is 0. The normalized spacial score (nSPS) is 35.3. The van der Waals surface area contributed by atoms with Crippen molar-refractivity contribution in [3.8, 4) is 0 Å². The molecule has 1 heterocycles. The fourth-order valence-electron chi connectivity index (χ4n) is 4.13. The molecule has 1 aliphatic heterocycles. The lowest BCUT2D eigenvalue weighted by Gasteiger charge is -2.44. The van der Waals surface area contributed by atoms with Crippen molar-refractivity contribution >= 4 is 5.69 Å². The topological polar surface area (TPSA) is 29.3 Å². The third-order valence-corrected chi connectivity index (χ3v) is 5.26. The van der Waals surface area contributed by atoms with Crippen LogP contribution in [0.2, 0.25) is 0 Å². The molecule has 4 unspecified atom stereocenters. The van der Waals surface area contributed by atoms with Crippen LogP contribution in [0.15, 0.2) is 18.2 Å². The smallest absolute Gasteiger partial charge is 0.0357 e. The molecule has 0 radical (unpaired) electrons. The van der Waals surface area contributed by atoms with E-state index in [1.807, 2.05) is 0 Å². The van der Waals surface area contributed by atoms with Crippen molar-refractivity contribution in [2.24, 2.45) is 11.8 Å². The second kappa shape index (κ2) is 4.82. The summed E-state index contributed by atoms with van der Waals surface area (Å²) in [6, 6.07) is 7.83. The summed E-state index contributed by atoms with van der Waals surface area (Å²) in [5.74, 6) is 1.63. The highest BCUT2D eigenvalue weighted by Gasteiger charge is 2.36. The Balaban J connectivity index is 1.88. The highest BCUT2D eigenvalue weighted by atomic mass is 15.2. The molecule has 1 aromatic rings. The lowest BCUT2D eigenvalue weighted by Crippen LogP contribution is -2.47. The Morgan fingerprint density at radius 3 is 2.79 bits per heavy atom. The summed E-state index contributed by atoms with van der Waals surface area (Å²) in [5, 5.41) is 0. The molecular formula is C17H26N2. The molecule has 0 spiro atoms. The van der Waals surface area contributed by atoms with E-state index in [1.54, 1.807) is 0 Å². The maximum absolute atomic E-state index is 5.91. The van der Waals surface area contributed by atoms with Crippen LogP contribution in [0.4, 0.5) is 5.69 Å². The van der Waals surface area contributed by atoms with E-state index in [1.165, 1.54) is 36.9 Å². The second-order valence-corrected chi connectivity index (χ2v) is 6.77. The van der Waals surface area contributed by atoms with E-state index in [0.717, 1.165) is 17.5 Å². The van der Waals surface area contributed by atoms with Gasteiger partial charge in [0.25, 0.3) is 0 Å². The van der Waals surface area contributed by atoms with Crippen LogP contribution in [-0.4, -0.2) is 17.5 Å². The number of benzene rings is 1. The molecule has 19 heavy (non-hydrogen) atoms. The molecule has 1 fully saturated rings. The number of hydrogen-bond acceptors (Lipinski definition) is 2. The summed E-state index contributed by atoms with van der Waals surface area (Å²) in [6.45, 7) is 8.46. The standard InChI is InChI=1S/C17H26N2/c1-11-8-12(2)13(3)19(10-11)17-7-4-14-9-15(18)5-6-16(14)17/h5-6,9,11-13,17H,4,7-8,10,18H2,1-3H3. The highest BCUT2D eigenvalue weighted by Crippen LogP contribution is 2.41. The Kier molecular flexibility index (Phi) is 3.30. The number of hydrogen-bond donors (Lipinski definition) is 1. The molecule has 0 amide bonds. The molecule has 104 valence electrons. The van der Waals surface area contributed by atoms with E-state index in [-0.39, 0.29) is 0 Å². The van der Waals surface area contributed by atoms with Crippen molar-refractivity contribution in [3.05, 3.63) is 29.3 Å². The van der Waals surface area contributed by atoms with Gasteiger partial charge in [-0.05, 0) is 61.3 Å². The average molecular weight is 258 g/mol. The van der Waals surface area contributed by atoms with E-state index >= 15 is 0 Å². The van der Waals surface area contributed by atoms with Crippen LogP contribution in [0.5, 0.6) is 0 Å². The molecular weight excluding hydrogens is 232 g/mol. The van der Waals surface area contributed by atoms with Crippen molar-refractivity contribution in [3.63, 3.8) is 0 Å². The molecule has 2 aliphatic rings. The predicted molar refractivity (Wildman–Crippen MR) is 81.0 cm³/mol. The minimum atomic E-state index is 0.621. The zero-order valence-corrected chi connectivity index (χ0v) is 12.4. The molecule has 0 aromatic heterocycles. The fraction of sp³-hybridized carbons (Fsp3) is 0.647. The first-order valence-corrected chi connectivity index (χ1v) is 7.70. The Morgan fingerprint density at radius 2 is 2.00 bits per heavy atom. The number of nitrogens with two attached hydrogens (primary N) is 1. The van der Waals surface area contributed by atoms with Crippen molar-refractivity contribution in [2.45, 2.75) is 52.1 Å². The van der Waals surface area contributed by atoms with Crippen LogP contribution in [0.25, 0.3) is 0 Å². The minimum Gasteiger partial charge on any atom is -0.399 e. The van der Waals surface area contributed by atoms with Gasteiger partial charge < -0.3 is 5.73 Å². The molecule has 0 saturated carbocycles. The number of nitrogens with zero attached hydrogens (tertiary/aromatic N) is 1. The molecule has 2 N–H and O–H groups in total. The number of rotatable bonds is 1. The highest BCUT2D eigenvalue weighted by molar-refractivity contribution is 5.47. The quantitative estimate of drug-likeness (QED) is 0.780. The van der Waals surface area contributed by atoms with Crippen molar-refractivity contribution in [2.75, 3.05) is 12.3 Å². The fourth-order valence-corrected chi connectivity index (χ4v) is 4.13. The lowest BCUT2D eigenvalue weighted by molar-refractivity contribution is 0.0399. The average Bonchev–Trinajstić information content (AvgIpc) is 2.76. The molecule has 4 atom stereocenters. The maximum Gasteiger partial charge on any atom is 0.0357 e. The van der Waals surface area contributed by atoms with Crippen LogP contribution >= 0.6 is 0 Å². The third-order valence-electron chi connectivity index (χ3n) is 5.26. The molecule has 1 aliphatic carbocycles. The summed E-state index contributed by atoms with van der Waals surface area (Å²) in [5.41, 5.74) is 9.83. The summed E-state index contributed by atoms with van der Waals surface area (Å²) in [7, 11) is 0. The van der Waals surface area contributed by atoms with E-state index in [0.29, 0.717) is 12.1 Å². The third kappa shape index (κ3) is 2.27. The minimum absolute atomic E-state index is 0.621. The van der Waals surface area contributed by atoms with Crippen LogP contribution in [0.3, 0.4) is 0 Å². The van der Waals surface area contributed by atoms with E-state index in [9.17, 15) is 0 Å². The predicted octanol–water partition coefficient (Wildman–Crippen LogP) is 3.62. The first-order valence-electron chi connectivity index (χ1n) is 7.70. The van der Waals surface area contributed by atoms with Gasteiger partial charge in [0.2, 0.25) is 0 Å². The number of aryl methyl sites for hydroxylation is 1. The van der Waals surface area contributed by atoms with Gasteiger partial charge >= 0.3 is 0 Å². The van der Waals surface area contributed by atoms with Crippen molar-refractivity contribution < 1.29 is 0 Å². The number of piperidine rings is 1. The van der Waals surface area contributed by atoms with Crippen LogP contribution in [0.1, 0.15) is 50.8 Å². The molecule has 1 saturated heterocycles. The Bertz CT molecular complexity index is 468. The molecule has 2 heteroatoms. The largest absolute Gasteiger partial charge is 0.399 e. The van der Waals surface area contributed by atoms with Gasteiger partial charge in [0, 0.05) is 24.3 Å². The van der Waals surface area contributed by atoms with Gasteiger partial charge in [-0.25, -0.2) is 0 Å². The van der Waals surface area contributed by atoms with Gasteiger partial charge in [-0.15, -0.1) is 0 Å². The van der Waals surface area contributed by atoms with E-state index < -0.39 is 0 Å². The molecule has 1 aromatic carbocycles. The number of fused-ring (bicyclic) bond motifs is 1. The van der Waals surface area contributed by atoms with Gasteiger partial charge in [0.1, 0.15) is 0 Å². The summed E-state index contributed by atoms with van der Waals surface area (Å²) >= 11 is 0. The van der Waals surface area contributed by atoms with Crippen LogP contribution in [-0.2, 0) is 6.42 Å². The number of likely N-dealkylation sites (tertiary alicyclic amines) is 1. The Labute approximate surface area is 117 Å². The van der Waals surface area contributed by atoms with Gasteiger partial charge in [-0.1, -0.05) is 19.9 Å². The number of anilines is 1. The SMILES string of the molecule is CC1CC(C)C(C)N(C2CCc3cc(N)ccc32)C1. The first kappa shape index (κ1) is 13.0. The van der Waals surface area contributed by atoms with Gasteiger partial charge in [-0.3, -0.25) is 4.90 Å². The maximum atomic E-state index is 5.91. The summed E-state index contributed by atoms with van der Waals surface area (Å²) in [4.78, 5) is 2.75. The zero-order chi connectivity index (χ0) is 13.6. The first-order chi connectivity index (χ1) is 9.06. The second-order valence-electron chi connectivity index (χ2n) is 6.77. The zero-order valence-electron chi connectivity index (χ0n) is 12.4. The van der Waals surface area contributed by atoms with Gasteiger partial charge in [-0.2, -0.15) is 0 Å². The molecule has 0 bridgehead atoms. The van der Waals surface area contributed by atoms with Gasteiger partial charge in [0.05, 0.1) is 0 Å². The Morgan fingerprint density at radius 1 is 1.21 bits per heavy atom. The Hall–Kier alpha value is -1.02. The number of nitrogen functional groups attached to an aromatic ring is 1. The van der Waals surface area contributed by atoms with Crippen LogP contribution in [0, 0.1) is 11.8 Å². The van der Waals surface area contributed by atoms with Crippen LogP contribution < -0.4 is 5.73 Å². The van der Waals surface area contributed by atoms with Gasteiger partial charge in [0.15, 0.2) is 0 Å².